The summed E-state index contributed by atoms with van der Waals surface area (Å²) in [4.78, 5) is 0. The molecule has 0 radical (unpaired) electrons. The topological polar surface area (TPSA) is 162 Å². The monoisotopic (exact) mass is 1470 g/mol. The molecular weight excluding hydrogens is 1280 g/mol. The fourth-order valence-electron chi connectivity index (χ4n) is 21.5. The van der Waals surface area contributed by atoms with Gasteiger partial charge in [-0.1, -0.05) is 240 Å². The Morgan fingerprint density at radius 3 is 1.15 bits per heavy atom. The van der Waals surface area contributed by atoms with E-state index in [-0.39, 0.29) is 48.8 Å². The number of hydrogen-bond donors (Lipinski definition) is 8. The smallest absolute Gasteiger partial charge is 0.0596 e. The Hall–Kier alpha value is -0.320. The normalized spacial score (nSPS) is 41.0. The maximum Gasteiger partial charge on any atom is 0.0596 e. The third-order valence-corrected chi connectivity index (χ3v) is 28.6. The summed E-state index contributed by atoms with van der Waals surface area (Å²) in [6, 6.07) is 0. The van der Waals surface area contributed by atoms with Crippen molar-refractivity contribution in [1.29, 1.82) is 0 Å². The highest BCUT2D eigenvalue weighted by Crippen LogP contribution is 2.44. The van der Waals surface area contributed by atoms with Gasteiger partial charge in [-0.2, -0.15) is 0 Å². The lowest BCUT2D eigenvalue weighted by Gasteiger charge is -2.39. The SMILES string of the molecule is CC(C)CC1C(C)CC(C)CC1O.CC(C)CC1C(C)CCC(C)C1O.CC(C)CC1C(C)CCC(O)C1C.CC(C)CC1C(O)CCC(C)C1C.CC(C)CC1CC(C)C(C)CC1O.CC(C)CC1CC(C)CC(C)C1O.CC(C)CC1CCC(C)C(C)C1O.CCCCC1C(C)CC(O)CC1C. The fraction of sp³-hybridized carbons (Fsp3) is 1.00. The third-order valence-electron chi connectivity index (χ3n) is 28.6. The maximum absolute atomic E-state index is 10.1. The molecule has 0 aromatic heterocycles. The van der Waals surface area contributed by atoms with Gasteiger partial charge in [-0.05, 0) is 325 Å². The van der Waals surface area contributed by atoms with E-state index in [1.54, 1.807) is 0 Å². The fourth-order valence-corrected chi connectivity index (χ4v) is 21.5. The molecule has 30 atom stereocenters. The zero-order chi connectivity index (χ0) is 79.9. The summed E-state index contributed by atoms with van der Waals surface area (Å²) in [5.74, 6) is 20.9. The molecule has 0 saturated heterocycles. The van der Waals surface area contributed by atoms with Crippen molar-refractivity contribution in [2.75, 3.05) is 0 Å². The van der Waals surface area contributed by atoms with E-state index in [0.717, 1.165) is 115 Å². The van der Waals surface area contributed by atoms with E-state index in [1.807, 2.05) is 0 Å². The molecule has 8 nitrogen and oxygen atoms in total. The lowest BCUT2D eigenvalue weighted by molar-refractivity contribution is -0.0120. The van der Waals surface area contributed by atoms with Gasteiger partial charge < -0.3 is 40.9 Å². The second-order valence-corrected chi connectivity index (χ2v) is 42.3. The first kappa shape index (κ1) is 102. The van der Waals surface area contributed by atoms with Crippen LogP contribution in [-0.2, 0) is 0 Å². The van der Waals surface area contributed by atoms with Crippen LogP contribution in [0, 0.1) is 183 Å². The van der Waals surface area contributed by atoms with E-state index in [2.05, 4.69) is 215 Å². The van der Waals surface area contributed by atoms with E-state index in [1.165, 1.54) is 128 Å². The van der Waals surface area contributed by atoms with E-state index in [0.29, 0.717) is 107 Å². The van der Waals surface area contributed by atoms with Gasteiger partial charge in [0.1, 0.15) is 0 Å². The van der Waals surface area contributed by atoms with E-state index in [4.69, 9.17) is 0 Å². The summed E-state index contributed by atoms with van der Waals surface area (Å²) in [6.07, 6.45) is 30.6. The van der Waals surface area contributed by atoms with Crippen molar-refractivity contribution in [2.45, 2.75) is 430 Å². The largest absolute Gasteiger partial charge is 0.393 e. The Balaban J connectivity index is 0.000000594. The third kappa shape index (κ3) is 38.5. The van der Waals surface area contributed by atoms with Crippen LogP contribution in [0.4, 0.5) is 0 Å². The summed E-state index contributed by atoms with van der Waals surface area (Å²) >= 11 is 0. The number of aliphatic hydroxyl groups is 8. The molecule has 0 aromatic carbocycles. The van der Waals surface area contributed by atoms with Crippen LogP contribution in [0.1, 0.15) is 382 Å². The van der Waals surface area contributed by atoms with Crippen LogP contribution in [0.2, 0.25) is 0 Å². The molecule has 104 heavy (non-hydrogen) atoms. The van der Waals surface area contributed by atoms with Crippen molar-refractivity contribution < 1.29 is 40.9 Å². The van der Waals surface area contributed by atoms with Gasteiger partial charge in [0.05, 0.1) is 48.8 Å². The number of aliphatic hydroxyl groups excluding tert-OH is 8. The predicted octanol–water partition coefficient (Wildman–Crippen LogP) is 24.7. The van der Waals surface area contributed by atoms with Crippen molar-refractivity contribution in [3.8, 4) is 0 Å². The molecular formula is C96H192O8. The molecule has 0 aliphatic heterocycles. The second kappa shape index (κ2) is 52.1. The van der Waals surface area contributed by atoms with Crippen LogP contribution in [0.25, 0.3) is 0 Å². The van der Waals surface area contributed by atoms with Crippen LogP contribution in [0.15, 0.2) is 0 Å². The van der Waals surface area contributed by atoms with Gasteiger partial charge in [-0.25, -0.2) is 0 Å². The van der Waals surface area contributed by atoms with Crippen molar-refractivity contribution in [1.82, 2.24) is 0 Å². The van der Waals surface area contributed by atoms with Crippen molar-refractivity contribution in [3.05, 3.63) is 0 Å². The van der Waals surface area contributed by atoms with Gasteiger partial charge in [-0.3, -0.25) is 0 Å². The van der Waals surface area contributed by atoms with E-state index >= 15 is 0 Å². The first-order chi connectivity index (χ1) is 48.2. The molecule has 8 fully saturated rings. The predicted molar refractivity (Wildman–Crippen MR) is 452 cm³/mol. The second-order valence-electron chi connectivity index (χ2n) is 42.3. The van der Waals surface area contributed by atoms with Gasteiger partial charge in [0.15, 0.2) is 0 Å². The molecule has 0 amide bonds. The number of rotatable bonds is 17. The first-order valence-electron chi connectivity index (χ1n) is 45.7. The van der Waals surface area contributed by atoms with Gasteiger partial charge in [0.2, 0.25) is 0 Å². The Labute approximate surface area is 651 Å². The molecule has 0 aromatic rings. The van der Waals surface area contributed by atoms with Gasteiger partial charge in [0, 0.05) is 0 Å². The Bertz CT molecular complexity index is 1950. The molecule has 624 valence electrons. The Kier molecular flexibility index (Phi) is 51.0. The molecule has 8 aliphatic carbocycles. The average Bonchev–Trinajstić information content (AvgIpc) is 0.970. The van der Waals surface area contributed by atoms with Crippen LogP contribution >= 0.6 is 0 Å². The number of unbranched alkanes of at least 4 members (excludes halogenated alkanes) is 1. The molecule has 0 spiro atoms. The zero-order valence-corrected chi connectivity index (χ0v) is 75.5. The molecule has 8 rings (SSSR count). The summed E-state index contributed by atoms with van der Waals surface area (Å²) in [7, 11) is 0. The van der Waals surface area contributed by atoms with Crippen molar-refractivity contribution in [2.24, 2.45) is 183 Å². The Morgan fingerprint density at radius 2 is 0.635 bits per heavy atom. The zero-order valence-electron chi connectivity index (χ0n) is 75.5. The minimum atomic E-state index is -0.0499. The molecule has 8 saturated carbocycles. The van der Waals surface area contributed by atoms with Gasteiger partial charge in [-0.15, -0.1) is 0 Å². The van der Waals surface area contributed by atoms with Crippen LogP contribution < -0.4 is 0 Å². The maximum atomic E-state index is 10.1. The first-order valence-corrected chi connectivity index (χ1v) is 45.7. The standard InChI is InChI=1S/8C12H24O/c1-8(2)5-11-6-9(3)10(4)7-12(11)13;1-8(2)5-11-10(4)6-9(3)7-12(11)13;1-8(2)5-11-7-9(3)6-10(4)12(11)13;1-8(2)7-11-9(3)5-6-12(13)10(11)4;1-8(2)7-11-10(4)9(3)5-6-12(11)13;1-8(2)7-11-6-5-9(3)10(4)12(11)13;1-8(2)7-11-9(3)5-6-10(4)12(11)13;1-4-5-6-12-9(2)7-11(13)8-10(12)3/h7*8-13H,5-7H2,1-4H3;9-13H,4-8H2,1-3H3. The molecule has 8 heteroatoms. The average molecular weight is 1470 g/mol. The Morgan fingerprint density at radius 1 is 0.240 bits per heavy atom. The minimum Gasteiger partial charge on any atom is -0.393 e. The van der Waals surface area contributed by atoms with Crippen molar-refractivity contribution in [3.63, 3.8) is 0 Å². The van der Waals surface area contributed by atoms with Crippen LogP contribution in [-0.4, -0.2) is 89.7 Å². The van der Waals surface area contributed by atoms with Crippen LogP contribution in [0.5, 0.6) is 0 Å². The number of hydrogen-bond acceptors (Lipinski definition) is 8. The summed E-state index contributed by atoms with van der Waals surface area (Å²) in [5.41, 5.74) is 0. The molecule has 0 heterocycles. The van der Waals surface area contributed by atoms with Gasteiger partial charge >= 0.3 is 0 Å². The summed E-state index contributed by atoms with van der Waals surface area (Å²) in [5, 5.41) is 79.3. The highest BCUT2D eigenvalue weighted by Gasteiger charge is 2.40. The summed E-state index contributed by atoms with van der Waals surface area (Å²) < 4.78 is 0. The lowest BCUT2D eigenvalue weighted by atomic mass is 9.69. The van der Waals surface area contributed by atoms with Crippen molar-refractivity contribution >= 4 is 0 Å². The lowest BCUT2D eigenvalue weighted by Crippen LogP contribution is -2.37. The molecule has 0 bridgehead atoms. The molecule has 8 N–H and O–H groups in total. The van der Waals surface area contributed by atoms with E-state index < -0.39 is 0 Å². The summed E-state index contributed by atoms with van der Waals surface area (Å²) in [6.45, 7) is 70.2. The molecule has 8 aliphatic rings. The van der Waals surface area contributed by atoms with E-state index in [9.17, 15) is 40.9 Å². The minimum absolute atomic E-state index is 0.0251. The highest BCUT2D eigenvalue weighted by atomic mass is 16.3. The highest BCUT2D eigenvalue weighted by molar-refractivity contribution is 4.90. The quantitative estimate of drug-likeness (QED) is 0.0714. The molecule has 30 unspecified atom stereocenters. The van der Waals surface area contributed by atoms with Crippen LogP contribution in [0.3, 0.4) is 0 Å². The van der Waals surface area contributed by atoms with Gasteiger partial charge in [0.25, 0.3) is 0 Å².